The first-order chi connectivity index (χ1) is 14.5. The summed E-state index contributed by atoms with van der Waals surface area (Å²) < 4.78 is 45.5. The first kappa shape index (κ1) is 20.9. The first-order valence-corrected chi connectivity index (χ1v) is 8.93. The van der Waals surface area contributed by atoms with Crippen LogP contribution in [-0.4, -0.2) is 18.4 Å². The predicted octanol–water partition coefficient (Wildman–Crippen LogP) is 4.05. The van der Waals surface area contributed by atoms with Gasteiger partial charge in [0.15, 0.2) is 17.5 Å². The number of nitrogens with one attached hydrogen (secondary N) is 2. The van der Waals surface area contributed by atoms with Crippen LogP contribution < -0.4 is 15.4 Å². The lowest BCUT2D eigenvalue weighted by Gasteiger charge is -2.12. The highest BCUT2D eigenvalue weighted by molar-refractivity contribution is 6.00. The standard InChI is InChI=1S/C22H17F3N2O3/c23-16-10-11-17(21(25)20(16)24)27-19(28)12-26-22(29)15-8-4-5-9-18(15)30-13-14-6-2-1-3-7-14/h1-11H,12-13H2,(H,26,29)(H,27,28). The third-order valence-corrected chi connectivity index (χ3v) is 4.09. The first-order valence-electron chi connectivity index (χ1n) is 8.93. The highest BCUT2D eigenvalue weighted by Crippen LogP contribution is 2.20. The number of hydrogen-bond donors (Lipinski definition) is 2. The van der Waals surface area contributed by atoms with E-state index in [1.165, 1.54) is 6.07 Å². The fraction of sp³-hybridized carbons (Fsp3) is 0.0909. The summed E-state index contributed by atoms with van der Waals surface area (Å²) in [5, 5.41) is 4.46. The fourth-order valence-electron chi connectivity index (χ4n) is 2.59. The second kappa shape index (κ2) is 9.60. The number of para-hydroxylation sites is 1. The van der Waals surface area contributed by atoms with Gasteiger partial charge in [0.05, 0.1) is 17.8 Å². The van der Waals surface area contributed by atoms with Crippen molar-refractivity contribution in [2.24, 2.45) is 0 Å². The zero-order chi connectivity index (χ0) is 21.5. The molecule has 0 aliphatic carbocycles. The SMILES string of the molecule is O=C(CNC(=O)c1ccccc1OCc1ccccc1)Nc1ccc(F)c(F)c1F. The van der Waals surface area contributed by atoms with E-state index in [-0.39, 0.29) is 12.2 Å². The van der Waals surface area contributed by atoms with Gasteiger partial charge in [0.1, 0.15) is 12.4 Å². The molecule has 0 atom stereocenters. The van der Waals surface area contributed by atoms with E-state index in [4.69, 9.17) is 4.74 Å². The highest BCUT2D eigenvalue weighted by Gasteiger charge is 2.17. The number of carbonyl (C=O) groups excluding carboxylic acids is 2. The Morgan fingerprint density at radius 3 is 2.30 bits per heavy atom. The summed E-state index contributed by atoms with van der Waals surface area (Å²) in [5.74, 6) is -5.65. The molecule has 0 radical (unpaired) electrons. The molecule has 0 fully saturated rings. The third kappa shape index (κ3) is 5.16. The summed E-state index contributed by atoms with van der Waals surface area (Å²) in [6.45, 7) is -0.259. The Hall–Kier alpha value is -3.81. The average molecular weight is 414 g/mol. The van der Waals surface area contributed by atoms with Gasteiger partial charge in [-0.15, -0.1) is 0 Å². The number of carbonyl (C=O) groups is 2. The summed E-state index contributed by atoms with van der Waals surface area (Å²) in [7, 11) is 0. The maximum Gasteiger partial charge on any atom is 0.255 e. The van der Waals surface area contributed by atoms with E-state index < -0.39 is 41.5 Å². The van der Waals surface area contributed by atoms with E-state index in [9.17, 15) is 22.8 Å². The summed E-state index contributed by atoms with van der Waals surface area (Å²) in [6.07, 6.45) is 0. The minimum Gasteiger partial charge on any atom is -0.488 e. The molecule has 0 aliphatic heterocycles. The summed E-state index contributed by atoms with van der Waals surface area (Å²) >= 11 is 0. The number of amides is 2. The molecule has 0 saturated carbocycles. The molecule has 8 heteroatoms. The molecule has 3 rings (SSSR count). The lowest BCUT2D eigenvalue weighted by atomic mass is 10.2. The van der Waals surface area contributed by atoms with E-state index in [1.54, 1.807) is 18.2 Å². The monoisotopic (exact) mass is 414 g/mol. The van der Waals surface area contributed by atoms with Crippen molar-refractivity contribution in [3.05, 3.63) is 95.3 Å². The molecular formula is C22H17F3N2O3. The van der Waals surface area contributed by atoms with Gasteiger partial charge in [-0.05, 0) is 29.8 Å². The summed E-state index contributed by atoms with van der Waals surface area (Å²) in [4.78, 5) is 24.4. The van der Waals surface area contributed by atoms with Crippen LogP contribution in [-0.2, 0) is 11.4 Å². The van der Waals surface area contributed by atoms with Crippen LogP contribution in [0.5, 0.6) is 5.75 Å². The number of hydrogen-bond acceptors (Lipinski definition) is 3. The molecule has 0 saturated heterocycles. The normalized spacial score (nSPS) is 10.4. The Bertz CT molecular complexity index is 1060. The van der Waals surface area contributed by atoms with Crippen LogP contribution in [0.25, 0.3) is 0 Å². The molecule has 0 aromatic heterocycles. The molecule has 3 aromatic carbocycles. The minimum absolute atomic E-state index is 0.209. The molecule has 5 nitrogen and oxygen atoms in total. The van der Waals surface area contributed by atoms with Crippen LogP contribution in [0.4, 0.5) is 18.9 Å². The van der Waals surface area contributed by atoms with Crippen LogP contribution in [0, 0.1) is 17.5 Å². The van der Waals surface area contributed by atoms with Gasteiger partial charge >= 0.3 is 0 Å². The maximum atomic E-state index is 13.6. The van der Waals surface area contributed by atoms with Crippen LogP contribution >= 0.6 is 0 Å². The largest absolute Gasteiger partial charge is 0.488 e. The van der Waals surface area contributed by atoms with Crippen molar-refractivity contribution in [3.8, 4) is 5.75 Å². The number of anilines is 1. The zero-order valence-corrected chi connectivity index (χ0v) is 15.6. The van der Waals surface area contributed by atoms with E-state index in [2.05, 4.69) is 10.6 Å². The van der Waals surface area contributed by atoms with E-state index in [0.29, 0.717) is 11.8 Å². The molecule has 3 aromatic rings. The average Bonchev–Trinajstić information content (AvgIpc) is 2.77. The molecule has 0 unspecified atom stereocenters. The number of halogens is 3. The number of ether oxygens (including phenoxy) is 1. The van der Waals surface area contributed by atoms with Gasteiger partial charge in [0.25, 0.3) is 5.91 Å². The van der Waals surface area contributed by atoms with Crippen molar-refractivity contribution >= 4 is 17.5 Å². The third-order valence-electron chi connectivity index (χ3n) is 4.09. The fourth-order valence-corrected chi connectivity index (χ4v) is 2.59. The summed E-state index contributed by atoms with van der Waals surface area (Å²) in [5.41, 5.74) is 0.598. The van der Waals surface area contributed by atoms with Crippen molar-refractivity contribution in [1.29, 1.82) is 0 Å². The van der Waals surface area contributed by atoms with E-state index in [0.717, 1.165) is 11.6 Å². The van der Waals surface area contributed by atoms with Gasteiger partial charge in [-0.25, -0.2) is 13.2 Å². The van der Waals surface area contributed by atoms with Crippen LogP contribution in [0.3, 0.4) is 0 Å². The lowest BCUT2D eigenvalue weighted by molar-refractivity contribution is -0.115. The Morgan fingerprint density at radius 2 is 1.53 bits per heavy atom. The van der Waals surface area contributed by atoms with Gasteiger partial charge in [0.2, 0.25) is 5.91 Å². The molecule has 0 bridgehead atoms. The second-order valence-corrected chi connectivity index (χ2v) is 6.22. The smallest absolute Gasteiger partial charge is 0.255 e. The van der Waals surface area contributed by atoms with Crippen LogP contribution in [0.15, 0.2) is 66.7 Å². The van der Waals surface area contributed by atoms with Gasteiger partial charge in [-0.1, -0.05) is 42.5 Å². The van der Waals surface area contributed by atoms with Crippen molar-refractivity contribution < 1.29 is 27.5 Å². The Kier molecular flexibility index (Phi) is 6.69. The second-order valence-electron chi connectivity index (χ2n) is 6.22. The Balaban J connectivity index is 1.60. The maximum absolute atomic E-state index is 13.6. The van der Waals surface area contributed by atoms with Crippen molar-refractivity contribution in [3.63, 3.8) is 0 Å². The Morgan fingerprint density at radius 1 is 0.833 bits per heavy atom. The van der Waals surface area contributed by atoms with Gasteiger partial charge < -0.3 is 15.4 Å². The molecule has 154 valence electrons. The van der Waals surface area contributed by atoms with Crippen molar-refractivity contribution in [2.75, 3.05) is 11.9 Å². The van der Waals surface area contributed by atoms with Crippen molar-refractivity contribution in [2.45, 2.75) is 6.61 Å². The van der Waals surface area contributed by atoms with Gasteiger partial charge in [0, 0.05) is 0 Å². The molecule has 30 heavy (non-hydrogen) atoms. The van der Waals surface area contributed by atoms with E-state index in [1.807, 2.05) is 30.3 Å². The molecule has 2 N–H and O–H groups in total. The Labute approximate surface area is 170 Å². The molecule has 0 heterocycles. The number of benzene rings is 3. The highest BCUT2D eigenvalue weighted by atomic mass is 19.2. The van der Waals surface area contributed by atoms with Gasteiger partial charge in [-0.3, -0.25) is 9.59 Å². The van der Waals surface area contributed by atoms with Crippen LogP contribution in [0.1, 0.15) is 15.9 Å². The molecule has 0 aliphatic rings. The quantitative estimate of drug-likeness (QED) is 0.573. The predicted molar refractivity (Wildman–Crippen MR) is 104 cm³/mol. The molecule has 2 amide bonds. The zero-order valence-electron chi connectivity index (χ0n) is 15.6. The van der Waals surface area contributed by atoms with Crippen LogP contribution in [0.2, 0.25) is 0 Å². The topological polar surface area (TPSA) is 67.4 Å². The minimum atomic E-state index is -1.69. The number of rotatable bonds is 7. The van der Waals surface area contributed by atoms with E-state index >= 15 is 0 Å². The van der Waals surface area contributed by atoms with Gasteiger partial charge in [-0.2, -0.15) is 0 Å². The summed E-state index contributed by atoms with van der Waals surface area (Å²) in [6, 6.07) is 17.4. The molecule has 0 spiro atoms. The van der Waals surface area contributed by atoms with Crippen molar-refractivity contribution in [1.82, 2.24) is 5.32 Å². The lowest BCUT2D eigenvalue weighted by Crippen LogP contribution is -2.33. The molecular weight excluding hydrogens is 397 g/mol.